The van der Waals surface area contributed by atoms with Crippen LogP contribution in [0.5, 0.6) is 11.5 Å². The molecule has 0 saturated carbocycles. The Labute approximate surface area is 230 Å². The number of hydrogen-bond donors (Lipinski definition) is 2. The van der Waals surface area contributed by atoms with E-state index in [0.717, 1.165) is 5.56 Å². The number of rotatable bonds is 13. The fourth-order valence-corrected chi connectivity index (χ4v) is 5.61. The lowest BCUT2D eigenvalue weighted by Crippen LogP contribution is -2.51. The van der Waals surface area contributed by atoms with Crippen molar-refractivity contribution in [3.05, 3.63) is 90.0 Å². The van der Waals surface area contributed by atoms with Crippen LogP contribution in [-0.2, 0) is 27.8 Å². The topological polar surface area (TPSA) is 128 Å². The summed E-state index contributed by atoms with van der Waals surface area (Å²) in [4.78, 5) is 12.8. The van der Waals surface area contributed by atoms with Gasteiger partial charge in [-0.1, -0.05) is 68.4 Å². The highest BCUT2D eigenvalue weighted by Gasteiger charge is 2.31. The number of alkyl carbamates (subject to hydrolysis) is 1. The molecule has 3 aromatic rings. The Bertz CT molecular complexity index is 1280. The summed E-state index contributed by atoms with van der Waals surface area (Å²) in [5.41, 5.74) is 1.49. The molecule has 3 aromatic carbocycles. The Hall–Kier alpha value is -3.60. The highest BCUT2D eigenvalue weighted by molar-refractivity contribution is 7.89. The van der Waals surface area contributed by atoms with E-state index < -0.39 is 28.3 Å². The van der Waals surface area contributed by atoms with Crippen LogP contribution in [0.3, 0.4) is 0 Å². The van der Waals surface area contributed by atoms with E-state index in [-0.39, 0.29) is 42.7 Å². The van der Waals surface area contributed by atoms with Crippen molar-refractivity contribution in [1.29, 1.82) is 0 Å². The van der Waals surface area contributed by atoms with Gasteiger partial charge < -0.3 is 25.0 Å². The lowest BCUT2D eigenvalue weighted by molar-refractivity contribution is -0.268. The maximum Gasteiger partial charge on any atom is 0.407 e. The number of hydrogen-bond acceptors (Lipinski definition) is 7. The van der Waals surface area contributed by atoms with Crippen molar-refractivity contribution in [2.45, 2.75) is 43.9 Å². The molecule has 0 spiro atoms. The van der Waals surface area contributed by atoms with Gasteiger partial charge >= 0.3 is 6.09 Å². The molecule has 3 rings (SSSR count). The zero-order valence-electron chi connectivity index (χ0n) is 22.3. The van der Waals surface area contributed by atoms with Crippen molar-refractivity contribution in [1.82, 2.24) is 9.62 Å². The molecule has 0 bridgehead atoms. The molecule has 0 radical (unpaired) electrons. The number of nitrogens with zero attached hydrogens (tertiary/aromatic N) is 1. The van der Waals surface area contributed by atoms with Crippen LogP contribution in [0.25, 0.3) is 0 Å². The normalized spacial score (nSPS) is 13.2. The largest absolute Gasteiger partial charge is 0.872 e. The van der Waals surface area contributed by atoms with Crippen LogP contribution in [0.1, 0.15) is 25.0 Å². The van der Waals surface area contributed by atoms with Crippen LogP contribution < -0.4 is 15.2 Å². The van der Waals surface area contributed by atoms with Gasteiger partial charge in [0.25, 0.3) is 0 Å². The van der Waals surface area contributed by atoms with Crippen molar-refractivity contribution in [3.63, 3.8) is 0 Å². The number of benzene rings is 3. The van der Waals surface area contributed by atoms with Crippen molar-refractivity contribution >= 4 is 16.1 Å². The van der Waals surface area contributed by atoms with E-state index in [2.05, 4.69) is 5.32 Å². The first-order chi connectivity index (χ1) is 18.6. The quantitative estimate of drug-likeness (QED) is 0.331. The monoisotopic (exact) mass is 555 g/mol. The molecule has 10 heteroatoms. The van der Waals surface area contributed by atoms with E-state index in [1.807, 2.05) is 44.2 Å². The Morgan fingerprint density at radius 2 is 1.59 bits per heavy atom. The molecule has 2 atom stereocenters. The van der Waals surface area contributed by atoms with Crippen LogP contribution >= 0.6 is 0 Å². The minimum Gasteiger partial charge on any atom is -0.872 e. The van der Waals surface area contributed by atoms with Gasteiger partial charge in [0.1, 0.15) is 12.4 Å². The van der Waals surface area contributed by atoms with E-state index in [0.29, 0.717) is 11.3 Å². The molecule has 210 valence electrons. The summed E-state index contributed by atoms with van der Waals surface area (Å²) in [7, 11) is -2.45. The average Bonchev–Trinajstić information content (AvgIpc) is 2.92. The Morgan fingerprint density at radius 1 is 0.949 bits per heavy atom. The Kier molecular flexibility index (Phi) is 10.7. The third kappa shape index (κ3) is 8.98. The Morgan fingerprint density at radius 3 is 2.18 bits per heavy atom. The molecule has 1 amide bonds. The van der Waals surface area contributed by atoms with E-state index in [9.17, 15) is 23.4 Å². The minimum absolute atomic E-state index is 0.0174. The van der Waals surface area contributed by atoms with Gasteiger partial charge in [0.15, 0.2) is 0 Å². The summed E-state index contributed by atoms with van der Waals surface area (Å²) >= 11 is 0. The number of sulfonamides is 1. The average molecular weight is 556 g/mol. The maximum absolute atomic E-state index is 13.5. The van der Waals surface area contributed by atoms with Gasteiger partial charge in [-0.25, -0.2) is 13.2 Å². The van der Waals surface area contributed by atoms with E-state index in [1.165, 1.54) is 35.7 Å². The number of methoxy groups -OCH3 is 1. The van der Waals surface area contributed by atoms with Crippen molar-refractivity contribution in [2.24, 2.45) is 5.92 Å². The second kappa shape index (κ2) is 14.0. The molecule has 0 unspecified atom stereocenters. The molecule has 9 nitrogen and oxygen atoms in total. The number of ether oxygens (including phenoxy) is 2. The van der Waals surface area contributed by atoms with Gasteiger partial charge in [-0.05, 0) is 47.7 Å². The van der Waals surface area contributed by atoms with Crippen molar-refractivity contribution in [3.8, 4) is 11.5 Å². The molecular formula is C29H35N2O7S-. The van der Waals surface area contributed by atoms with E-state index in [1.54, 1.807) is 24.3 Å². The highest BCUT2D eigenvalue weighted by atomic mass is 32.2. The zero-order chi connectivity index (χ0) is 28.4. The molecule has 0 aromatic heterocycles. The standard InChI is InChI=1S/C29H36N2O7S/c1-21(2)18-31(39(35,36)26-15-13-25(37-3)14-16-26)19-28(33)27(17-22-7-5-4-6-8-22)30-29(34)38-20-23-9-11-24(32)12-10-23/h4-16,21,27-28,32-33H,17-20H2,1-3H3,(H,30,34)/p-1/t27-,28+/m0/s1. The fourth-order valence-electron chi connectivity index (χ4n) is 3.99. The van der Waals surface area contributed by atoms with Gasteiger partial charge in [0, 0.05) is 13.1 Å². The highest BCUT2D eigenvalue weighted by Crippen LogP contribution is 2.22. The number of amides is 1. The second-order valence-electron chi connectivity index (χ2n) is 9.62. The molecular weight excluding hydrogens is 520 g/mol. The third-order valence-electron chi connectivity index (χ3n) is 6.02. The van der Waals surface area contributed by atoms with Gasteiger partial charge in [0.05, 0.1) is 24.2 Å². The lowest BCUT2D eigenvalue weighted by Gasteiger charge is -2.30. The number of aliphatic hydroxyl groups excluding tert-OH is 1. The molecule has 0 heterocycles. The molecule has 2 N–H and O–H groups in total. The van der Waals surface area contributed by atoms with Crippen LogP contribution in [-0.4, -0.2) is 56.3 Å². The molecule has 0 aliphatic rings. The number of carbonyl (C=O) groups is 1. The molecule has 0 aliphatic heterocycles. The van der Waals surface area contributed by atoms with Crippen molar-refractivity contribution < 1.29 is 32.9 Å². The lowest BCUT2D eigenvalue weighted by atomic mass is 10.0. The predicted octanol–water partition coefficient (Wildman–Crippen LogP) is 3.31. The van der Waals surface area contributed by atoms with Crippen molar-refractivity contribution in [2.75, 3.05) is 20.2 Å². The van der Waals surface area contributed by atoms with Gasteiger partial charge in [0.2, 0.25) is 10.0 Å². The summed E-state index contributed by atoms with van der Waals surface area (Å²) in [6.07, 6.45) is -1.76. The first-order valence-electron chi connectivity index (χ1n) is 12.6. The van der Waals surface area contributed by atoms with Crippen LogP contribution in [0, 0.1) is 5.92 Å². The maximum atomic E-state index is 13.5. The van der Waals surface area contributed by atoms with Crippen LogP contribution in [0.2, 0.25) is 0 Å². The van der Waals surface area contributed by atoms with Gasteiger partial charge in [-0.2, -0.15) is 4.31 Å². The first-order valence-corrected chi connectivity index (χ1v) is 14.1. The van der Waals surface area contributed by atoms with Crippen LogP contribution in [0.4, 0.5) is 4.79 Å². The number of nitrogens with one attached hydrogen (secondary N) is 1. The fraction of sp³-hybridized carbons (Fsp3) is 0.345. The first kappa shape index (κ1) is 29.9. The summed E-state index contributed by atoms with van der Waals surface area (Å²) < 4.78 is 38.7. The smallest absolute Gasteiger partial charge is 0.407 e. The van der Waals surface area contributed by atoms with E-state index >= 15 is 0 Å². The zero-order valence-corrected chi connectivity index (χ0v) is 23.1. The molecule has 0 saturated heterocycles. The van der Waals surface area contributed by atoms with Gasteiger partial charge in [-0.15, -0.1) is 5.75 Å². The molecule has 0 fully saturated rings. The molecule has 39 heavy (non-hydrogen) atoms. The minimum atomic E-state index is -3.95. The summed E-state index contributed by atoms with van der Waals surface area (Å²) in [6.45, 7) is 3.64. The molecule has 0 aliphatic carbocycles. The number of aliphatic hydroxyl groups is 1. The van der Waals surface area contributed by atoms with Crippen LogP contribution in [0.15, 0.2) is 83.8 Å². The second-order valence-corrected chi connectivity index (χ2v) is 11.6. The van der Waals surface area contributed by atoms with E-state index in [4.69, 9.17) is 9.47 Å². The number of carbonyl (C=O) groups excluding carboxylic acids is 1. The summed E-state index contributed by atoms with van der Waals surface area (Å²) in [5.74, 6) is 0.361. The third-order valence-corrected chi connectivity index (χ3v) is 7.86. The summed E-state index contributed by atoms with van der Waals surface area (Å²) in [5, 5.41) is 25.3. The predicted molar refractivity (Wildman–Crippen MR) is 146 cm³/mol. The summed E-state index contributed by atoms with van der Waals surface area (Å²) in [6, 6.07) is 20.4. The Balaban J connectivity index is 1.78. The van der Waals surface area contributed by atoms with Gasteiger partial charge in [-0.3, -0.25) is 0 Å². The SMILES string of the molecule is COc1ccc(S(=O)(=O)N(CC(C)C)C[C@@H](O)[C@H](Cc2ccccc2)NC(=O)OCc2ccc([O-])cc2)cc1.